The second-order valence-corrected chi connectivity index (χ2v) is 4.56. The lowest BCUT2D eigenvalue weighted by Crippen LogP contribution is -1.86. The van der Waals surface area contributed by atoms with E-state index in [0.717, 1.165) is 0 Å². The normalized spacial score (nSPS) is 24.0. The molecule has 0 aromatic carbocycles. The van der Waals surface area contributed by atoms with Crippen molar-refractivity contribution in [2.45, 2.75) is 77.0 Å². The average Bonchev–Trinajstić information content (AvgIpc) is 2.22. The Morgan fingerprint density at radius 3 is 0.929 bits per heavy atom. The molecular weight excluding hydrogens is 168 g/mol. The van der Waals surface area contributed by atoms with Crippen molar-refractivity contribution < 1.29 is 0 Å². The molecule has 0 unspecified atom stereocenters. The van der Waals surface area contributed by atoms with Crippen LogP contribution in [0.15, 0.2) is 0 Å². The Morgan fingerprint density at radius 2 is 0.643 bits per heavy atom. The van der Waals surface area contributed by atoms with Crippen molar-refractivity contribution in [3.8, 4) is 0 Å². The quantitative estimate of drug-likeness (QED) is 0.504. The summed E-state index contributed by atoms with van der Waals surface area (Å²) in [6, 6.07) is 0. The molecule has 0 aromatic heterocycles. The molecule has 1 aliphatic rings. The molecule has 82 valence electrons. The van der Waals surface area contributed by atoms with Crippen LogP contribution in [-0.4, -0.2) is 0 Å². The van der Waals surface area contributed by atoms with Crippen molar-refractivity contribution in [2.75, 3.05) is 0 Å². The fourth-order valence-corrected chi connectivity index (χ4v) is 2.15. The van der Waals surface area contributed by atoms with Crippen LogP contribution in [0.4, 0.5) is 0 Å². The summed E-state index contributed by atoms with van der Waals surface area (Å²) < 4.78 is 0. The summed E-state index contributed by atoms with van der Waals surface area (Å²) in [5.41, 5.74) is 0. The van der Waals surface area contributed by atoms with Gasteiger partial charge in [0, 0.05) is 0 Å². The van der Waals surface area contributed by atoms with Gasteiger partial charge in [-0.1, -0.05) is 77.0 Å². The summed E-state index contributed by atoms with van der Waals surface area (Å²) in [5, 5.41) is 0. The molecule has 1 aliphatic carbocycles. The fourth-order valence-electron chi connectivity index (χ4n) is 2.15. The largest absolute Gasteiger partial charge is 0.0533 e. The third-order valence-electron chi connectivity index (χ3n) is 3.13. The van der Waals surface area contributed by atoms with Crippen LogP contribution in [0.2, 0.25) is 0 Å². The molecule has 0 aliphatic heterocycles. The Kier molecular flexibility index (Phi) is 8.24. The zero-order valence-corrected chi connectivity index (χ0v) is 9.64. The maximum Gasteiger partial charge on any atom is -0.0386 e. The van der Waals surface area contributed by atoms with Gasteiger partial charge in [-0.2, -0.15) is 0 Å². The van der Waals surface area contributed by atoms with Crippen molar-refractivity contribution in [3.05, 3.63) is 12.8 Å². The van der Waals surface area contributed by atoms with Crippen molar-refractivity contribution >= 4 is 0 Å². The molecule has 0 heteroatoms. The van der Waals surface area contributed by atoms with E-state index in [-0.39, 0.29) is 0 Å². The highest BCUT2D eigenvalue weighted by molar-refractivity contribution is 4.68. The first-order chi connectivity index (χ1) is 7.00. The van der Waals surface area contributed by atoms with Crippen LogP contribution in [0.25, 0.3) is 0 Å². The minimum absolute atomic E-state index is 1.36. The Bertz CT molecular complexity index is 53.3. The molecule has 0 aromatic rings. The number of rotatable bonds is 0. The third-order valence-corrected chi connectivity index (χ3v) is 3.13. The SMILES string of the molecule is [CH]1CCCCCC[CH]CCCCCC1. The lowest BCUT2D eigenvalue weighted by molar-refractivity contribution is 0.577. The van der Waals surface area contributed by atoms with E-state index in [0.29, 0.717) is 0 Å². The van der Waals surface area contributed by atoms with Crippen LogP contribution >= 0.6 is 0 Å². The summed E-state index contributed by atoms with van der Waals surface area (Å²) in [5.74, 6) is 0. The minimum atomic E-state index is 1.36. The van der Waals surface area contributed by atoms with E-state index >= 15 is 0 Å². The number of hydrogen-bond acceptors (Lipinski definition) is 0. The molecule has 0 heterocycles. The summed E-state index contributed by atoms with van der Waals surface area (Å²) in [4.78, 5) is 0. The molecule has 0 atom stereocenters. The van der Waals surface area contributed by atoms with Gasteiger partial charge in [0.1, 0.15) is 0 Å². The van der Waals surface area contributed by atoms with Crippen LogP contribution in [0.3, 0.4) is 0 Å². The molecule has 1 rings (SSSR count). The molecule has 1 fully saturated rings. The molecule has 0 nitrogen and oxygen atoms in total. The summed E-state index contributed by atoms with van der Waals surface area (Å²) in [6.45, 7) is 0. The molecule has 14 heavy (non-hydrogen) atoms. The Hall–Kier alpha value is 0. The van der Waals surface area contributed by atoms with E-state index < -0.39 is 0 Å². The Morgan fingerprint density at radius 1 is 0.357 bits per heavy atom. The van der Waals surface area contributed by atoms with Gasteiger partial charge in [-0.05, 0) is 12.8 Å². The second-order valence-electron chi connectivity index (χ2n) is 4.56. The van der Waals surface area contributed by atoms with Crippen LogP contribution in [0.1, 0.15) is 77.0 Å². The van der Waals surface area contributed by atoms with Gasteiger partial charge in [-0.15, -0.1) is 0 Å². The Balaban J connectivity index is 2.00. The highest BCUT2D eigenvalue weighted by atomic mass is 14.0. The maximum atomic E-state index is 2.51. The van der Waals surface area contributed by atoms with Gasteiger partial charge < -0.3 is 0 Å². The zero-order chi connectivity index (χ0) is 9.90. The highest BCUT2D eigenvalue weighted by Crippen LogP contribution is 2.15. The number of hydrogen-bond donors (Lipinski definition) is 0. The van der Waals surface area contributed by atoms with Gasteiger partial charge in [0.25, 0.3) is 0 Å². The minimum Gasteiger partial charge on any atom is -0.0533 e. The molecule has 0 N–H and O–H groups in total. The molecule has 1 saturated carbocycles. The molecule has 0 saturated heterocycles. The van der Waals surface area contributed by atoms with E-state index in [1.54, 1.807) is 0 Å². The first-order valence-corrected chi connectivity index (χ1v) is 6.63. The van der Waals surface area contributed by atoms with Gasteiger partial charge in [0.05, 0.1) is 0 Å². The zero-order valence-electron chi connectivity index (χ0n) is 9.64. The van der Waals surface area contributed by atoms with Gasteiger partial charge in [0.15, 0.2) is 0 Å². The van der Waals surface area contributed by atoms with Crippen molar-refractivity contribution in [1.29, 1.82) is 0 Å². The van der Waals surface area contributed by atoms with E-state index in [4.69, 9.17) is 0 Å². The van der Waals surface area contributed by atoms with E-state index in [1.807, 2.05) is 0 Å². The smallest absolute Gasteiger partial charge is 0.0386 e. The van der Waals surface area contributed by atoms with Crippen molar-refractivity contribution in [1.82, 2.24) is 0 Å². The van der Waals surface area contributed by atoms with Gasteiger partial charge in [0.2, 0.25) is 0 Å². The topological polar surface area (TPSA) is 0 Å². The second kappa shape index (κ2) is 9.55. The predicted octanol–water partition coefficient (Wildman–Crippen LogP) is 5.09. The van der Waals surface area contributed by atoms with Crippen LogP contribution in [0.5, 0.6) is 0 Å². The van der Waals surface area contributed by atoms with Crippen LogP contribution < -0.4 is 0 Å². The lowest BCUT2D eigenvalue weighted by Gasteiger charge is -2.05. The predicted molar refractivity (Wildman–Crippen MR) is 64.0 cm³/mol. The summed E-state index contributed by atoms with van der Waals surface area (Å²) >= 11 is 0. The Labute approximate surface area is 90.5 Å². The van der Waals surface area contributed by atoms with Crippen molar-refractivity contribution in [2.24, 2.45) is 0 Å². The van der Waals surface area contributed by atoms with E-state index in [1.165, 1.54) is 77.0 Å². The van der Waals surface area contributed by atoms with Gasteiger partial charge in [-0.25, -0.2) is 0 Å². The van der Waals surface area contributed by atoms with E-state index in [2.05, 4.69) is 12.8 Å². The molecule has 2 radical (unpaired) electrons. The lowest BCUT2D eigenvalue weighted by atomic mass is 10.0. The molecule has 0 bridgehead atoms. The maximum absolute atomic E-state index is 2.51. The average molecular weight is 194 g/mol. The van der Waals surface area contributed by atoms with E-state index in [9.17, 15) is 0 Å². The monoisotopic (exact) mass is 194 g/mol. The van der Waals surface area contributed by atoms with Gasteiger partial charge in [-0.3, -0.25) is 0 Å². The standard InChI is InChI=1S/C14H26/c1-2-4-6-8-10-12-14-13-11-9-7-5-3-1/h1,14H,2-13H2. The first kappa shape index (κ1) is 12.1. The van der Waals surface area contributed by atoms with Crippen molar-refractivity contribution in [3.63, 3.8) is 0 Å². The summed E-state index contributed by atoms with van der Waals surface area (Å²) in [7, 11) is 0. The third kappa shape index (κ3) is 7.41. The summed E-state index contributed by atoms with van der Waals surface area (Å²) in [6.07, 6.45) is 22.0. The molecule has 0 amide bonds. The molecule has 0 spiro atoms. The van der Waals surface area contributed by atoms with Crippen LogP contribution in [0, 0.1) is 12.8 Å². The fraction of sp³-hybridized carbons (Fsp3) is 0.857. The van der Waals surface area contributed by atoms with Crippen LogP contribution in [-0.2, 0) is 0 Å². The highest BCUT2D eigenvalue weighted by Gasteiger charge is 1.96. The van der Waals surface area contributed by atoms with Gasteiger partial charge >= 0.3 is 0 Å². The molecular formula is C14H26. The first-order valence-electron chi connectivity index (χ1n) is 6.63.